The number of nitrogens with zero attached hydrogens (tertiary/aromatic N) is 2. The van der Waals surface area contributed by atoms with Crippen LogP contribution in [0.1, 0.15) is 32.8 Å². The molecule has 2 unspecified atom stereocenters. The van der Waals surface area contributed by atoms with Crippen molar-refractivity contribution in [2.24, 2.45) is 0 Å². The van der Waals surface area contributed by atoms with E-state index >= 15 is 0 Å². The molecule has 0 bridgehead atoms. The number of rotatable bonds is 12. The Morgan fingerprint density at radius 2 is 1.47 bits per heavy atom. The summed E-state index contributed by atoms with van der Waals surface area (Å²) in [4.78, 5) is 28.0. The predicted molar refractivity (Wildman–Crippen MR) is 147 cm³/mol. The van der Waals surface area contributed by atoms with Crippen LogP contribution in [0.2, 0.25) is 0 Å². The molecule has 2 amide bonds. The van der Waals surface area contributed by atoms with Gasteiger partial charge in [0.1, 0.15) is 18.4 Å². The van der Waals surface area contributed by atoms with Crippen LogP contribution in [0.3, 0.4) is 0 Å². The number of carbonyl (C=O) groups is 2. The zero-order valence-electron chi connectivity index (χ0n) is 21.9. The standard InChI is InChI=1S/C29H34FN3O4S/c1-4-22(2)31-29(35)23(3)32(20-19-24-11-7-5-8-12-24)28(34)21-33(26-13-9-6-10-14-26)38(36,37)27-17-15-25(30)16-18-27/h5-18,22-23H,4,19-21H2,1-3H3,(H,31,35). The predicted octanol–water partition coefficient (Wildman–Crippen LogP) is 4.40. The van der Waals surface area contributed by atoms with E-state index in [-0.39, 0.29) is 29.1 Å². The molecule has 0 saturated carbocycles. The Hall–Kier alpha value is -3.72. The smallest absolute Gasteiger partial charge is 0.264 e. The Kier molecular flexibility index (Phi) is 10.0. The molecule has 0 radical (unpaired) electrons. The molecule has 0 aliphatic heterocycles. The molecule has 0 aliphatic carbocycles. The first kappa shape index (κ1) is 28.8. The third-order valence-corrected chi connectivity index (χ3v) is 8.17. The van der Waals surface area contributed by atoms with Crippen molar-refractivity contribution < 1.29 is 22.4 Å². The van der Waals surface area contributed by atoms with E-state index in [4.69, 9.17) is 0 Å². The second-order valence-corrected chi connectivity index (χ2v) is 11.0. The molecule has 38 heavy (non-hydrogen) atoms. The molecule has 2 atom stereocenters. The maximum atomic E-state index is 13.8. The van der Waals surface area contributed by atoms with Crippen LogP contribution < -0.4 is 9.62 Å². The zero-order chi connectivity index (χ0) is 27.7. The van der Waals surface area contributed by atoms with E-state index in [0.717, 1.165) is 28.4 Å². The summed E-state index contributed by atoms with van der Waals surface area (Å²) < 4.78 is 41.8. The van der Waals surface area contributed by atoms with Gasteiger partial charge in [0.25, 0.3) is 10.0 Å². The normalized spacial score (nSPS) is 12.8. The molecule has 3 aromatic carbocycles. The highest BCUT2D eigenvalue weighted by atomic mass is 32.2. The summed E-state index contributed by atoms with van der Waals surface area (Å²) in [7, 11) is -4.22. The van der Waals surface area contributed by atoms with Crippen molar-refractivity contribution >= 4 is 27.5 Å². The van der Waals surface area contributed by atoms with Crippen molar-refractivity contribution in [3.05, 3.63) is 96.3 Å². The van der Waals surface area contributed by atoms with Gasteiger partial charge in [-0.2, -0.15) is 0 Å². The van der Waals surface area contributed by atoms with Gasteiger partial charge in [-0.05, 0) is 68.7 Å². The number of halogens is 1. The molecule has 3 rings (SSSR count). The van der Waals surface area contributed by atoms with E-state index < -0.39 is 34.3 Å². The molecule has 0 spiro atoms. The largest absolute Gasteiger partial charge is 0.352 e. The van der Waals surface area contributed by atoms with E-state index in [2.05, 4.69) is 5.32 Å². The Morgan fingerprint density at radius 1 is 0.895 bits per heavy atom. The number of anilines is 1. The average molecular weight is 540 g/mol. The molecule has 0 aliphatic rings. The van der Waals surface area contributed by atoms with E-state index in [1.807, 2.05) is 44.2 Å². The van der Waals surface area contributed by atoms with Crippen LogP contribution in [0, 0.1) is 5.82 Å². The van der Waals surface area contributed by atoms with Gasteiger partial charge in [-0.1, -0.05) is 55.5 Å². The van der Waals surface area contributed by atoms with Gasteiger partial charge in [0, 0.05) is 12.6 Å². The van der Waals surface area contributed by atoms with Crippen LogP contribution in [-0.2, 0) is 26.0 Å². The summed E-state index contributed by atoms with van der Waals surface area (Å²) in [6, 6.07) is 21.4. The van der Waals surface area contributed by atoms with Gasteiger partial charge >= 0.3 is 0 Å². The number of para-hydroxylation sites is 1. The number of amides is 2. The fourth-order valence-corrected chi connectivity index (χ4v) is 5.31. The van der Waals surface area contributed by atoms with E-state index in [0.29, 0.717) is 6.42 Å². The maximum Gasteiger partial charge on any atom is 0.264 e. The third kappa shape index (κ3) is 7.41. The summed E-state index contributed by atoms with van der Waals surface area (Å²) in [5.41, 5.74) is 1.27. The van der Waals surface area contributed by atoms with Crippen LogP contribution in [-0.4, -0.2) is 50.3 Å². The van der Waals surface area contributed by atoms with Crippen LogP contribution >= 0.6 is 0 Å². The van der Waals surface area contributed by atoms with Gasteiger partial charge in [0.05, 0.1) is 10.6 Å². The zero-order valence-corrected chi connectivity index (χ0v) is 22.7. The second-order valence-electron chi connectivity index (χ2n) is 9.12. The van der Waals surface area contributed by atoms with Gasteiger partial charge in [-0.3, -0.25) is 13.9 Å². The summed E-state index contributed by atoms with van der Waals surface area (Å²) in [6.07, 6.45) is 1.22. The van der Waals surface area contributed by atoms with E-state index in [1.54, 1.807) is 37.3 Å². The summed E-state index contributed by atoms with van der Waals surface area (Å²) in [5, 5.41) is 2.91. The van der Waals surface area contributed by atoms with E-state index in [1.165, 1.54) is 17.0 Å². The van der Waals surface area contributed by atoms with E-state index in [9.17, 15) is 22.4 Å². The van der Waals surface area contributed by atoms with Crippen molar-refractivity contribution in [2.45, 2.75) is 50.6 Å². The van der Waals surface area contributed by atoms with Crippen molar-refractivity contribution in [1.82, 2.24) is 10.2 Å². The highest BCUT2D eigenvalue weighted by Crippen LogP contribution is 2.24. The van der Waals surface area contributed by atoms with Crippen molar-refractivity contribution in [3.63, 3.8) is 0 Å². The van der Waals surface area contributed by atoms with Gasteiger partial charge < -0.3 is 10.2 Å². The first-order valence-corrected chi connectivity index (χ1v) is 14.0. The molecule has 0 saturated heterocycles. The molecule has 202 valence electrons. The van der Waals surface area contributed by atoms with Crippen LogP contribution in [0.4, 0.5) is 10.1 Å². The molecule has 0 heterocycles. The summed E-state index contributed by atoms with van der Waals surface area (Å²) in [6.45, 7) is 5.16. The molecule has 0 aromatic heterocycles. The lowest BCUT2D eigenvalue weighted by atomic mass is 10.1. The molecule has 3 aromatic rings. The van der Waals surface area contributed by atoms with Crippen molar-refractivity contribution in [3.8, 4) is 0 Å². The Labute approximate surface area is 224 Å². The van der Waals surface area contributed by atoms with Gasteiger partial charge in [0.15, 0.2) is 0 Å². The van der Waals surface area contributed by atoms with Gasteiger partial charge in [0.2, 0.25) is 11.8 Å². The number of benzene rings is 3. The van der Waals surface area contributed by atoms with Crippen molar-refractivity contribution in [1.29, 1.82) is 0 Å². The monoisotopic (exact) mass is 539 g/mol. The lowest BCUT2D eigenvalue weighted by Gasteiger charge is -2.32. The quantitative estimate of drug-likeness (QED) is 0.370. The molecule has 0 fully saturated rings. The fourth-order valence-electron chi connectivity index (χ4n) is 3.89. The molecule has 7 nitrogen and oxygen atoms in total. The number of hydrogen-bond donors (Lipinski definition) is 1. The lowest BCUT2D eigenvalue weighted by molar-refractivity contribution is -0.139. The average Bonchev–Trinajstić information content (AvgIpc) is 2.92. The number of hydrogen-bond acceptors (Lipinski definition) is 4. The minimum atomic E-state index is -4.22. The molecular weight excluding hydrogens is 505 g/mol. The first-order chi connectivity index (χ1) is 18.1. The first-order valence-electron chi connectivity index (χ1n) is 12.6. The highest BCUT2D eigenvalue weighted by Gasteiger charge is 2.32. The second kappa shape index (κ2) is 13.2. The van der Waals surface area contributed by atoms with Crippen LogP contribution in [0.15, 0.2) is 89.8 Å². The fraction of sp³-hybridized carbons (Fsp3) is 0.310. The Balaban J connectivity index is 1.94. The Morgan fingerprint density at radius 3 is 2.05 bits per heavy atom. The number of nitrogens with one attached hydrogen (secondary N) is 1. The highest BCUT2D eigenvalue weighted by molar-refractivity contribution is 7.92. The number of carbonyl (C=O) groups excluding carboxylic acids is 2. The van der Waals surface area contributed by atoms with Crippen molar-refractivity contribution in [2.75, 3.05) is 17.4 Å². The topological polar surface area (TPSA) is 86.8 Å². The summed E-state index contributed by atoms with van der Waals surface area (Å²) >= 11 is 0. The number of sulfonamides is 1. The minimum Gasteiger partial charge on any atom is -0.352 e. The maximum absolute atomic E-state index is 13.8. The van der Waals surface area contributed by atoms with Crippen LogP contribution in [0.5, 0.6) is 0 Å². The Bertz CT molecular complexity index is 1300. The summed E-state index contributed by atoms with van der Waals surface area (Å²) in [5.74, 6) is -1.41. The minimum absolute atomic E-state index is 0.0734. The van der Waals surface area contributed by atoms with Crippen LogP contribution in [0.25, 0.3) is 0 Å². The molecular formula is C29H34FN3O4S. The SMILES string of the molecule is CCC(C)NC(=O)C(C)N(CCc1ccccc1)C(=O)CN(c1ccccc1)S(=O)(=O)c1ccc(F)cc1. The molecule has 9 heteroatoms. The third-order valence-electron chi connectivity index (χ3n) is 6.38. The lowest BCUT2D eigenvalue weighted by Crippen LogP contribution is -2.53. The van der Waals surface area contributed by atoms with Gasteiger partial charge in [-0.15, -0.1) is 0 Å². The molecule has 1 N–H and O–H groups in total. The van der Waals surface area contributed by atoms with Gasteiger partial charge in [-0.25, -0.2) is 12.8 Å².